The van der Waals surface area contributed by atoms with Crippen LogP contribution in [-0.4, -0.2) is 24.7 Å². The van der Waals surface area contributed by atoms with Crippen molar-refractivity contribution in [2.75, 3.05) is 13.7 Å². The molecular weight excluding hydrogens is 262 g/mol. The lowest BCUT2D eigenvalue weighted by Crippen LogP contribution is -2.21. The monoisotopic (exact) mass is 273 g/mol. The van der Waals surface area contributed by atoms with Gasteiger partial charge in [0, 0.05) is 6.54 Å². The summed E-state index contributed by atoms with van der Waals surface area (Å²) in [4.78, 5) is 10.9. The van der Waals surface area contributed by atoms with E-state index in [1.165, 1.54) is 7.11 Å². The summed E-state index contributed by atoms with van der Waals surface area (Å²) in [7, 11) is 1.53. The lowest BCUT2D eigenvalue weighted by Gasteiger charge is -2.12. The number of aliphatic carboxylic acids is 1. The summed E-state index contributed by atoms with van der Waals surface area (Å²) >= 11 is 3.29. The number of hydrogen-bond acceptors (Lipinski definition) is 3. The molecule has 1 rings (SSSR count). The van der Waals surface area contributed by atoms with Crippen LogP contribution in [0.25, 0.3) is 0 Å². The van der Waals surface area contributed by atoms with Crippen LogP contribution in [0.15, 0.2) is 22.7 Å². The number of benzene rings is 1. The summed E-state index contributed by atoms with van der Waals surface area (Å²) in [6.07, 6.45) is 0. The van der Waals surface area contributed by atoms with Gasteiger partial charge in [0.2, 0.25) is 0 Å². The largest absolute Gasteiger partial charge is 0.496 e. The van der Waals surface area contributed by atoms with Crippen molar-refractivity contribution >= 4 is 21.9 Å². The number of rotatable bonds is 4. The Kier molecular flexibility index (Phi) is 4.11. The smallest absolute Gasteiger partial charge is 0.312 e. The van der Waals surface area contributed by atoms with Gasteiger partial charge in [0.15, 0.2) is 0 Å². The van der Waals surface area contributed by atoms with Crippen molar-refractivity contribution in [2.45, 2.75) is 5.92 Å². The average molecular weight is 274 g/mol. The van der Waals surface area contributed by atoms with Crippen LogP contribution < -0.4 is 10.5 Å². The highest BCUT2D eigenvalue weighted by Gasteiger charge is 2.18. The minimum Gasteiger partial charge on any atom is -0.496 e. The van der Waals surface area contributed by atoms with Gasteiger partial charge in [0.05, 0.1) is 17.5 Å². The Hall–Kier alpha value is -1.07. The molecule has 3 N–H and O–H groups in total. The van der Waals surface area contributed by atoms with Crippen LogP contribution >= 0.6 is 15.9 Å². The van der Waals surface area contributed by atoms with E-state index in [-0.39, 0.29) is 6.54 Å². The van der Waals surface area contributed by atoms with Crippen molar-refractivity contribution in [2.24, 2.45) is 5.73 Å². The Labute approximate surface area is 96.2 Å². The maximum Gasteiger partial charge on any atom is 0.312 e. The highest BCUT2D eigenvalue weighted by atomic mass is 79.9. The number of hydrogen-bond donors (Lipinski definition) is 2. The van der Waals surface area contributed by atoms with Gasteiger partial charge in [-0.3, -0.25) is 4.79 Å². The molecule has 4 nitrogen and oxygen atoms in total. The Morgan fingerprint density at radius 1 is 1.67 bits per heavy atom. The molecule has 1 unspecified atom stereocenters. The van der Waals surface area contributed by atoms with Gasteiger partial charge in [0.1, 0.15) is 5.75 Å². The van der Waals surface area contributed by atoms with Crippen LogP contribution in [0.1, 0.15) is 11.5 Å². The van der Waals surface area contributed by atoms with Crippen LogP contribution in [0.3, 0.4) is 0 Å². The van der Waals surface area contributed by atoms with E-state index in [1.54, 1.807) is 18.2 Å². The molecular formula is C10H12BrNO3. The quantitative estimate of drug-likeness (QED) is 0.874. The molecule has 0 aromatic heterocycles. The van der Waals surface area contributed by atoms with E-state index in [2.05, 4.69) is 15.9 Å². The number of nitrogens with two attached hydrogens (primary N) is 1. The number of carboxylic acid groups (broad SMARTS) is 1. The van der Waals surface area contributed by atoms with E-state index in [4.69, 9.17) is 15.6 Å². The minimum atomic E-state index is -0.929. The van der Waals surface area contributed by atoms with Gasteiger partial charge >= 0.3 is 5.97 Å². The second-order valence-corrected chi connectivity index (χ2v) is 3.87. The first-order valence-corrected chi connectivity index (χ1v) is 5.15. The standard InChI is InChI=1S/C10H12BrNO3/c1-15-9-4-6(2-3-8(9)11)7(5-12)10(13)14/h2-4,7H,5,12H2,1H3,(H,13,14). The molecule has 15 heavy (non-hydrogen) atoms. The fourth-order valence-electron chi connectivity index (χ4n) is 1.27. The first kappa shape index (κ1) is 12.0. The predicted octanol–water partition coefficient (Wildman–Crippen LogP) is 1.58. The Morgan fingerprint density at radius 2 is 2.33 bits per heavy atom. The maximum absolute atomic E-state index is 10.9. The van der Waals surface area contributed by atoms with Crippen molar-refractivity contribution < 1.29 is 14.6 Å². The molecule has 0 bridgehead atoms. The van der Waals surface area contributed by atoms with Gasteiger partial charge in [-0.15, -0.1) is 0 Å². The van der Waals surface area contributed by atoms with Crippen molar-refractivity contribution in [3.8, 4) is 5.75 Å². The van der Waals surface area contributed by atoms with Crippen molar-refractivity contribution in [3.05, 3.63) is 28.2 Å². The van der Waals surface area contributed by atoms with E-state index >= 15 is 0 Å². The van der Waals surface area contributed by atoms with Gasteiger partial charge in [-0.2, -0.15) is 0 Å². The third-order valence-corrected chi connectivity index (χ3v) is 2.77. The van der Waals surface area contributed by atoms with E-state index in [0.717, 1.165) is 4.47 Å². The Bertz CT molecular complexity index is 368. The zero-order valence-electron chi connectivity index (χ0n) is 8.24. The fourth-order valence-corrected chi connectivity index (χ4v) is 1.68. The summed E-state index contributed by atoms with van der Waals surface area (Å²) in [5.41, 5.74) is 6.05. The fraction of sp³-hybridized carbons (Fsp3) is 0.300. The number of carbonyl (C=O) groups is 1. The average Bonchev–Trinajstić information content (AvgIpc) is 2.21. The number of halogens is 1. The summed E-state index contributed by atoms with van der Waals surface area (Å²) in [6.45, 7) is 0.0696. The Morgan fingerprint density at radius 3 is 2.80 bits per heavy atom. The summed E-state index contributed by atoms with van der Waals surface area (Å²) in [6, 6.07) is 5.15. The zero-order valence-corrected chi connectivity index (χ0v) is 9.82. The molecule has 0 spiro atoms. The van der Waals surface area contributed by atoms with Crippen molar-refractivity contribution in [1.29, 1.82) is 0 Å². The van der Waals surface area contributed by atoms with E-state index in [1.807, 2.05) is 0 Å². The lowest BCUT2D eigenvalue weighted by atomic mass is 9.99. The molecule has 0 saturated carbocycles. The third kappa shape index (κ3) is 2.70. The first-order valence-electron chi connectivity index (χ1n) is 4.36. The second kappa shape index (κ2) is 5.14. The summed E-state index contributed by atoms with van der Waals surface area (Å²) in [5, 5.41) is 8.93. The molecule has 0 amide bonds. The van der Waals surface area contributed by atoms with Crippen LogP contribution in [0.5, 0.6) is 5.75 Å². The van der Waals surface area contributed by atoms with E-state index in [0.29, 0.717) is 11.3 Å². The molecule has 0 fully saturated rings. The van der Waals surface area contributed by atoms with Gasteiger partial charge in [-0.1, -0.05) is 6.07 Å². The molecule has 1 atom stereocenters. The molecule has 0 saturated heterocycles. The molecule has 1 aromatic rings. The molecule has 5 heteroatoms. The number of methoxy groups -OCH3 is 1. The van der Waals surface area contributed by atoms with Crippen molar-refractivity contribution in [3.63, 3.8) is 0 Å². The normalized spacial score (nSPS) is 12.2. The van der Waals surface area contributed by atoms with Crippen LogP contribution in [0.2, 0.25) is 0 Å². The van der Waals surface area contributed by atoms with Gasteiger partial charge in [0.25, 0.3) is 0 Å². The molecule has 0 heterocycles. The highest BCUT2D eigenvalue weighted by molar-refractivity contribution is 9.10. The van der Waals surface area contributed by atoms with Crippen LogP contribution in [-0.2, 0) is 4.79 Å². The third-order valence-electron chi connectivity index (χ3n) is 2.11. The minimum absolute atomic E-state index is 0.0696. The predicted molar refractivity (Wildman–Crippen MR) is 60.1 cm³/mol. The van der Waals surface area contributed by atoms with Gasteiger partial charge in [-0.05, 0) is 33.6 Å². The van der Waals surface area contributed by atoms with Crippen molar-refractivity contribution in [1.82, 2.24) is 0 Å². The van der Waals surface area contributed by atoms with Crippen LogP contribution in [0, 0.1) is 0 Å². The molecule has 0 aliphatic heterocycles. The molecule has 1 aromatic carbocycles. The molecule has 0 radical (unpaired) electrons. The van der Waals surface area contributed by atoms with Gasteiger partial charge < -0.3 is 15.6 Å². The van der Waals surface area contributed by atoms with E-state index < -0.39 is 11.9 Å². The summed E-state index contributed by atoms with van der Waals surface area (Å²) < 4.78 is 5.87. The SMILES string of the molecule is COc1cc(C(CN)C(=O)O)ccc1Br. The highest BCUT2D eigenvalue weighted by Crippen LogP contribution is 2.28. The number of ether oxygens (including phenoxy) is 1. The van der Waals surface area contributed by atoms with E-state index in [9.17, 15) is 4.79 Å². The zero-order chi connectivity index (χ0) is 11.4. The van der Waals surface area contributed by atoms with Gasteiger partial charge in [-0.25, -0.2) is 0 Å². The second-order valence-electron chi connectivity index (χ2n) is 3.02. The maximum atomic E-state index is 10.9. The number of carboxylic acids is 1. The lowest BCUT2D eigenvalue weighted by molar-refractivity contribution is -0.138. The topological polar surface area (TPSA) is 72.5 Å². The molecule has 82 valence electrons. The molecule has 0 aliphatic carbocycles. The van der Waals surface area contributed by atoms with Crippen LogP contribution in [0.4, 0.5) is 0 Å². The first-order chi connectivity index (χ1) is 7.10. The Balaban J connectivity index is 3.09. The summed E-state index contributed by atoms with van der Waals surface area (Å²) in [5.74, 6) is -1.01. The molecule has 0 aliphatic rings.